The van der Waals surface area contributed by atoms with Crippen LogP contribution in [0.3, 0.4) is 0 Å². The van der Waals surface area contributed by atoms with E-state index < -0.39 is 26.8 Å². The van der Waals surface area contributed by atoms with Crippen LogP contribution in [0.5, 0.6) is 0 Å². The van der Waals surface area contributed by atoms with E-state index in [1.807, 2.05) is 0 Å². The summed E-state index contributed by atoms with van der Waals surface area (Å²) in [4.78, 5) is -0.471. The lowest BCUT2D eigenvalue weighted by atomic mass is 10.3. The third-order valence-electron chi connectivity index (χ3n) is 2.03. The van der Waals surface area contributed by atoms with Crippen LogP contribution in [0.4, 0.5) is 10.1 Å². The molecule has 1 aromatic rings. The number of halogens is 1. The quantitative estimate of drug-likeness (QED) is 0.626. The van der Waals surface area contributed by atoms with E-state index in [1.165, 1.54) is 6.07 Å². The van der Waals surface area contributed by atoms with Gasteiger partial charge < -0.3 is 5.73 Å². The number of sulfonamides is 1. The van der Waals surface area contributed by atoms with E-state index in [-0.39, 0.29) is 12.1 Å². The van der Waals surface area contributed by atoms with Crippen LogP contribution in [-0.4, -0.2) is 14.5 Å². The maximum Gasteiger partial charge on any atom is 0.243 e. The van der Waals surface area contributed by atoms with Gasteiger partial charge in [-0.2, -0.15) is 0 Å². The standard InChI is InChI=1S/C11H13FN2O2S/c1-3-4-8(2)14-17(15,16)11-7-9(13)5-6-10(11)12/h1,5-8,14H,4,13H2,2H3. The predicted octanol–water partition coefficient (Wildman–Crippen LogP) is 1.10. The first-order valence-corrected chi connectivity index (χ1v) is 6.36. The van der Waals surface area contributed by atoms with Gasteiger partial charge in [0, 0.05) is 18.2 Å². The first-order chi connectivity index (χ1) is 7.86. The fourth-order valence-corrected chi connectivity index (χ4v) is 2.63. The summed E-state index contributed by atoms with van der Waals surface area (Å²) in [6, 6.07) is 2.90. The predicted molar refractivity (Wildman–Crippen MR) is 64.0 cm³/mol. The number of rotatable bonds is 4. The Morgan fingerprint density at radius 1 is 1.59 bits per heavy atom. The maximum atomic E-state index is 13.4. The fraction of sp³-hybridized carbons (Fsp3) is 0.273. The van der Waals surface area contributed by atoms with Crippen molar-refractivity contribution in [2.75, 3.05) is 5.73 Å². The van der Waals surface area contributed by atoms with Crippen LogP contribution in [0.25, 0.3) is 0 Å². The summed E-state index contributed by atoms with van der Waals surface area (Å²) in [5, 5.41) is 0. The molecule has 0 amide bonds. The zero-order valence-electron chi connectivity index (χ0n) is 9.27. The summed E-state index contributed by atoms with van der Waals surface area (Å²) in [5.41, 5.74) is 5.60. The number of nitrogens with one attached hydrogen (secondary N) is 1. The first-order valence-electron chi connectivity index (χ1n) is 4.87. The lowest BCUT2D eigenvalue weighted by Gasteiger charge is -2.12. The smallest absolute Gasteiger partial charge is 0.243 e. The largest absolute Gasteiger partial charge is 0.399 e. The Balaban J connectivity index is 3.06. The minimum Gasteiger partial charge on any atom is -0.399 e. The molecule has 0 bridgehead atoms. The van der Waals surface area contributed by atoms with Gasteiger partial charge in [-0.15, -0.1) is 12.3 Å². The van der Waals surface area contributed by atoms with E-state index in [2.05, 4.69) is 10.6 Å². The number of hydrogen-bond acceptors (Lipinski definition) is 3. The maximum absolute atomic E-state index is 13.4. The van der Waals surface area contributed by atoms with E-state index in [1.54, 1.807) is 6.92 Å². The van der Waals surface area contributed by atoms with Gasteiger partial charge in [-0.25, -0.2) is 17.5 Å². The third kappa shape index (κ3) is 3.44. The summed E-state index contributed by atoms with van der Waals surface area (Å²) in [6.07, 6.45) is 5.29. The molecule has 0 radical (unpaired) electrons. The zero-order valence-corrected chi connectivity index (χ0v) is 10.1. The van der Waals surface area contributed by atoms with Gasteiger partial charge in [0.2, 0.25) is 10.0 Å². The summed E-state index contributed by atoms with van der Waals surface area (Å²) < 4.78 is 39.3. The van der Waals surface area contributed by atoms with Crippen LogP contribution in [0.15, 0.2) is 23.1 Å². The molecule has 0 aliphatic heterocycles. The van der Waals surface area contributed by atoms with Crippen LogP contribution >= 0.6 is 0 Å². The van der Waals surface area contributed by atoms with Crippen molar-refractivity contribution in [3.63, 3.8) is 0 Å². The molecule has 0 spiro atoms. The Morgan fingerprint density at radius 3 is 2.82 bits per heavy atom. The van der Waals surface area contributed by atoms with E-state index in [0.717, 1.165) is 12.1 Å². The van der Waals surface area contributed by atoms with E-state index in [0.29, 0.717) is 0 Å². The summed E-state index contributed by atoms with van der Waals surface area (Å²) in [6.45, 7) is 1.60. The minimum atomic E-state index is -3.94. The number of benzene rings is 1. The van der Waals surface area contributed by atoms with Gasteiger partial charge in [-0.05, 0) is 25.1 Å². The van der Waals surface area contributed by atoms with Crippen LogP contribution < -0.4 is 10.5 Å². The van der Waals surface area contributed by atoms with Gasteiger partial charge in [-0.1, -0.05) is 0 Å². The highest BCUT2D eigenvalue weighted by Crippen LogP contribution is 2.17. The normalized spacial score (nSPS) is 13.0. The number of hydrogen-bond donors (Lipinski definition) is 2. The molecule has 0 aliphatic rings. The second kappa shape index (κ2) is 5.17. The van der Waals surface area contributed by atoms with Crippen LogP contribution in [-0.2, 0) is 10.0 Å². The lowest BCUT2D eigenvalue weighted by Crippen LogP contribution is -2.32. The third-order valence-corrected chi connectivity index (χ3v) is 3.63. The average molecular weight is 256 g/mol. The Bertz CT molecular complexity index is 549. The molecular formula is C11H13FN2O2S. The molecule has 0 heterocycles. The molecular weight excluding hydrogens is 243 g/mol. The molecule has 0 fully saturated rings. The summed E-state index contributed by atoms with van der Waals surface area (Å²) in [7, 11) is -3.94. The van der Waals surface area contributed by atoms with Gasteiger partial charge >= 0.3 is 0 Å². The average Bonchev–Trinajstić information content (AvgIpc) is 2.21. The number of nitrogens with two attached hydrogens (primary N) is 1. The molecule has 6 heteroatoms. The van der Waals surface area contributed by atoms with E-state index in [4.69, 9.17) is 12.2 Å². The zero-order chi connectivity index (χ0) is 13.1. The van der Waals surface area contributed by atoms with Crippen molar-refractivity contribution in [1.82, 2.24) is 4.72 Å². The highest BCUT2D eigenvalue weighted by molar-refractivity contribution is 7.89. The summed E-state index contributed by atoms with van der Waals surface area (Å²) in [5.74, 6) is 1.47. The van der Waals surface area contributed by atoms with Crippen molar-refractivity contribution >= 4 is 15.7 Å². The molecule has 3 N–H and O–H groups in total. The Labute approximate surface area is 100 Å². The second-order valence-electron chi connectivity index (χ2n) is 3.62. The Morgan fingerprint density at radius 2 is 2.24 bits per heavy atom. The number of anilines is 1. The van der Waals surface area contributed by atoms with Crippen LogP contribution in [0.2, 0.25) is 0 Å². The summed E-state index contributed by atoms with van der Waals surface area (Å²) >= 11 is 0. The molecule has 0 saturated heterocycles. The van der Waals surface area contributed by atoms with Gasteiger partial charge in [0.15, 0.2) is 0 Å². The molecule has 4 nitrogen and oxygen atoms in total. The molecule has 17 heavy (non-hydrogen) atoms. The lowest BCUT2D eigenvalue weighted by molar-refractivity contribution is 0.545. The Hall–Kier alpha value is -1.58. The van der Waals surface area contributed by atoms with Crippen molar-refractivity contribution in [2.45, 2.75) is 24.3 Å². The van der Waals surface area contributed by atoms with Crippen molar-refractivity contribution in [2.24, 2.45) is 0 Å². The Kier molecular flexibility index (Phi) is 4.10. The van der Waals surface area contributed by atoms with Gasteiger partial charge in [-0.3, -0.25) is 0 Å². The van der Waals surface area contributed by atoms with E-state index >= 15 is 0 Å². The SMILES string of the molecule is C#CCC(C)NS(=O)(=O)c1cc(N)ccc1F. The fourth-order valence-electron chi connectivity index (χ4n) is 1.27. The van der Waals surface area contributed by atoms with Crippen molar-refractivity contribution < 1.29 is 12.8 Å². The number of nitrogen functional groups attached to an aromatic ring is 1. The molecule has 1 unspecified atom stereocenters. The molecule has 0 aliphatic carbocycles. The van der Waals surface area contributed by atoms with Crippen molar-refractivity contribution in [1.29, 1.82) is 0 Å². The molecule has 92 valence electrons. The topological polar surface area (TPSA) is 72.2 Å². The van der Waals surface area contributed by atoms with Crippen LogP contribution in [0, 0.1) is 18.2 Å². The second-order valence-corrected chi connectivity index (χ2v) is 5.30. The molecule has 1 aromatic carbocycles. The molecule has 0 aromatic heterocycles. The van der Waals surface area contributed by atoms with Gasteiger partial charge in [0.05, 0.1) is 0 Å². The highest BCUT2D eigenvalue weighted by atomic mass is 32.2. The monoisotopic (exact) mass is 256 g/mol. The molecule has 1 rings (SSSR count). The number of terminal acetylenes is 1. The van der Waals surface area contributed by atoms with Crippen molar-refractivity contribution in [3.05, 3.63) is 24.0 Å². The molecule has 0 saturated carbocycles. The van der Waals surface area contributed by atoms with Gasteiger partial charge in [0.1, 0.15) is 10.7 Å². The minimum absolute atomic E-state index is 0.177. The first kappa shape index (κ1) is 13.5. The molecule has 1 atom stereocenters. The van der Waals surface area contributed by atoms with Crippen LogP contribution in [0.1, 0.15) is 13.3 Å². The van der Waals surface area contributed by atoms with Crippen molar-refractivity contribution in [3.8, 4) is 12.3 Å². The van der Waals surface area contributed by atoms with E-state index in [9.17, 15) is 12.8 Å². The highest BCUT2D eigenvalue weighted by Gasteiger charge is 2.21. The van der Waals surface area contributed by atoms with Gasteiger partial charge in [0.25, 0.3) is 0 Å².